The first-order valence-corrected chi connectivity index (χ1v) is 8.63. The maximum Gasteiger partial charge on any atom is 0.303 e. The SMILES string of the molecule is CCCC(CCNC(=O)C1CCCCCC1)CCC(=O)O. The highest BCUT2D eigenvalue weighted by atomic mass is 16.4. The highest BCUT2D eigenvalue weighted by Crippen LogP contribution is 2.23. The Labute approximate surface area is 128 Å². The minimum atomic E-state index is -0.724. The van der Waals surface area contributed by atoms with Crippen LogP contribution in [0, 0.1) is 11.8 Å². The van der Waals surface area contributed by atoms with E-state index in [1.165, 1.54) is 25.7 Å². The van der Waals surface area contributed by atoms with Crippen LogP contribution in [-0.4, -0.2) is 23.5 Å². The predicted molar refractivity (Wildman–Crippen MR) is 84.1 cm³/mol. The van der Waals surface area contributed by atoms with E-state index in [2.05, 4.69) is 12.2 Å². The lowest BCUT2D eigenvalue weighted by molar-refractivity contribution is -0.137. The van der Waals surface area contributed by atoms with Crippen molar-refractivity contribution in [1.82, 2.24) is 5.32 Å². The summed E-state index contributed by atoms with van der Waals surface area (Å²) in [5.74, 6) is 0.112. The average Bonchev–Trinajstić information content (AvgIpc) is 2.73. The Morgan fingerprint density at radius 3 is 2.33 bits per heavy atom. The minimum Gasteiger partial charge on any atom is -0.481 e. The van der Waals surface area contributed by atoms with Crippen LogP contribution in [0.2, 0.25) is 0 Å². The van der Waals surface area contributed by atoms with Crippen LogP contribution in [0.15, 0.2) is 0 Å². The van der Waals surface area contributed by atoms with E-state index in [4.69, 9.17) is 5.11 Å². The molecule has 1 atom stereocenters. The molecule has 1 rings (SSSR count). The maximum atomic E-state index is 12.2. The van der Waals surface area contributed by atoms with Gasteiger partial charge in [0.25, 0.3) is 0 Å². The van der Waals surface area contributed by atoms with Gasteiger partial charge in [0.15, 0.2) is 0 Å². The van der Waals surface area contributed by atoms with Gasteiger partial charge in [-0.2, -0.15) is 0 Å². The number of rotatable bonds is 9. The summed E-state index contributed by atoms with van der Waals surface area (Å²) in [6, 6.07) is 0. The second-order valence-corrected chi connectivity index (χ2v) is 6.36. The van der Waals surface area contributed by atoms with Crippen LogP contribution in [0.25, 0.3) is 0 Å². The number of aliphatic carboxylic acids is 1. The summed E-state index contributed by atoms with van der Waals surface area (Å²) in [4.78, 5) is 22.8. The number of amides is 1. The molecule has 1 aliphatic carbocycles. The average molecular weight is 297 g/mol. The third kappa shape index (κ3) is 8.08. The molecule has 4 heteroatoms. The normalized spacial score (nSPS) is 18.0. The number of hydrogen-bond acceptors (Lipinski definition) is 2. The summed E-state index contributed by atoms with van der Waals surface area (Å²) >= 11 is 0. The first-order chi connectivity index (χ1) is 10.1. The van der Waals surface area contributed by atoms with Crippen LogP contribution in [-0.2, 0) is 9.59 Å². The van der Waals surface area contributed by atoms with E-state index >= 15 is 0 Å². The fraction of sp³-hybridized carbons (Fsp3) is 0.882. The van der Waals surface area contributed by atoms with Gasteiger partial charge in [0.05, 0.1) is 0 Å². The Hall–Kier alpha value is -1.06. The van der Waals surface area contributed by atoms with Crippen molar-refractivity contribution in [3.8, 4) is 0 Å². The smallest absolute Gasteiger partial charge is 0.303 e. The van der Waals surface area contributed by atoms with E-state index in [1.54, 1.807) is 0 Å². The molecular weight excluding hydrogens is 266 g/mol. The lowest BCUT2D eigenvalue weighted by Gasteiger charge is -2.18. The van der Waals surface area contributed by atoms with Gasteiger partial charge in [-0.15, -0.1) is 0 Å². The molecule has 2 N–H and O–H groups in total. The van der Waals surface area contributed by atoms with Gasteiger partial charge in [0.2, 0.25) is 5.91 Å². The molecule has 0 aromatic carbocycles. The van der Waals surface area contributed by atoms with E-state index in [1.807, 2.05) is 0 Å². The summed E-state index contributed by atoms with van der Waals surface area (Å²) < 4.78 is 0. The van der Waals surface area contributed by atoms with Gasteiger partial charge in [-0.1, -0.05) is 45.4 Å². The Bertz CT molecular complexity index is 309. The topological polar surface area (TPSA) is 66.4 Å². The molecule has 21 heavy (non-hydrogen) atoms. The Morgan fingerprint density at radius 1 is 1.10 bits per heavy atom. The molecule has 0 spiro atoms. The van der Waals surface area contributed by atoms with Crippen LogP contribution in [0.1, 0.15) is 77.6 Å². The summed E-state index contributed by atoms with van der Waals surface area (Å²) in [6.07, 6.45) is 10.9. The number of carbonyl (C=O) groups excluding carboxylic acids is 1. The van der Waals surface area contributed by atoms with E-state index in [9.17, 15) is 9.59 Å². The fourth-order valence-corrected chi connectivity index (χ4v) is 3.25. The number of carboxylic acid groups (broad SMARTS) is 1. The first kappa shape index (κ1) is 18.0. The van der Waals surface area contributed by atoms with Crippen molar-refractivity contribution in [2.24, 2.45) is 11.8 Å². The molecule has 0 aliphatic heterocycles. The van der Waals surface area contributed by atoms with Gasteiger partial charge >= 0.3 is 5.97 Å². The van der Waals surface area contributed by atoms with Crippen molar-refractivity contribution in [1.29, 1.82) is 0 Å². The van der Waals surface area contributed by atoms with E-state index < -0.39 is 5.97 Å². The van der Waals surface area contributed by atoms with Crippen LogP contribution in [0.4, 0.5) is 0 Å². The largest absolute Gasteiger partial charge is 0.481 e. The highest BCUT2D eigenvalue weighted by Gasteiger charge is 2.20. The zero-order valence-electron chi connectivity index (χ0n) is 13.4. The van der Waals surface area contributed by atoms with Crippen molar-refractivity contribution < 1.29 is 14.7 Å². The summed E-state index contributed by atoms with van der Waals surface area (Å²) in [7, 11) is 0. The van der Waals surface area contributed by atoms with Crippen molar-refractivity contribution in [3.63, 3.8) is 0 Å². The van der Waals surface area contributed by atoms with Crippen LogP contribution in [0.5, 0.6) is 0 Å². The van der Waals surface area contributed by atoms with Crippen molar-refractivity contribution >= 4 is 11.9 Å². The van der Waals surface area contributed by atoms with E-state index in [0.717, 1.165) is 38.5 Å². The number of hydrogen-bond donors (Lipinski definition) is 2. The van der Waals surface area contributed by atoms with Crippen LogP contribution < -0.4 is 5.32 Å². The summed E-state index contributed by atoms with van der Waals surface area (Å²) in [5, 5.41) is 11.8. The highest BCUT2D eigenvalue weighted by molar-refractivity contribution is 5.78. The first-order valence-electron chi connectivity index (χ1n) is 8.63. The zero-order valence-corrected chi connectivity index (χ0v) is 13.4. The van der Waals surface area contributed by atoms with Gasteiger partial charge in [-0.05, 0) is 31.6 Å². The zero-order chi connectivity index (χ0) is 15.5. The van der Waals surface area contributed by atoms with E-state index in [-0.39, 0.29) is 18.2 Å². The molecule has 1 unspecified atom stereocenters. The molecule has 1 saturated carbocycles. The number of carboxylic acids is 1. The van der Waals surface area contributed by atoms with E-state index in [0.29, 0.717) is 12.5 Å². The number of carbonyl (C=O) groups is 2. The molecule has 0 aromatic rings. The Kier molecular flexibility index (Phi) is 9.11. The van der Waals surface area contributed by atoms with Crippen LogP contribution in [0.3, 0.4) is 0 Å². The molecule has 1 fully saturated rings. The number of nitrogens with one attached hydrogen (secondary N) is 1. The van der Waals surface area contributed by atoms with Gasteiger partial charge in [-0.25, -0.2) is 0 Å². The third-order valence-corrected chi connectivity index (χ3v) is 4.54. The molecule has 1 aliphatic rings. The standard InChI is InChI=1S/C17H31NO3/c1-2-7-14(10-11-16(19)20)12-13-18-17(21)15-8-5-3-4-6-9-15/h14-15H,2-13H2,1H3,(H,18,21)(H,19,20). The Morgan fingerprint density at radius 2 is 1.76 bits per heavy atom. The molecule has 0 radical (unpaired) electrons. The van der Waals surface area contributed by atoms with Gasteiger partial charge in [-0.3, -0.25) is 9.59 Å². The molecule has 0 aromatic heterocycles. The van der Waals surface area contributed by atoms with Crippen molar-refractivity contribution in [3.05, 3.63) is 0 Å². The maximum absolute atomic E-state index is 12.2. The lowest BCUT2D eigenvalue weighted by Crippen LogP contribution is -2.32. The molecule has 0 heterocycles. The molecule has 122 valence electrons. The van der Waals surface area contributed by atoms with Gasteiger partial charge in [0.1, 0.15) is 0 Å². The molecule has 0 bridgehead atoms. The molecule has 4 nitrogen and oxygen atoms in total. The monoisotopic (exact) mass is 297 g/mol. The Balaban J connectivity index is 2.24. The van der Waals surface area contributed by atoms with Gasteiger partial charge in [0, 0.05) is 18.9 Å². The molecule has 1 amide bonds. The van der Waals surface area contributed by atoms with Crippen molar-refractivity contribution in [2.75, 3.05) is 6.54 Å². The molecular formula is C17H31NO3. The fourth-order valence-electron chi connectivity index (χ4n) is 3.25. The third-order valence-electron chi connectivity index (χ3n) is 4.54. The minimum absolute atomic E-state index is 0.205. The summed E-state index contributed by atoms with van der Waals surface area (Å²) in [5.41, 5.74) is 0. The second kappa shape index (κ2) is 10.6. The lowest BCUT2D eigenvalue weighted by atomic mass is 9.94. The van der Waals surface area contributed by atoms with Crippen LogP contribution >= 0.6 is 0 Å². The summed E-state index contributed by atoms with van der Waals surface area (Å²) in [6.45, 7) is 2.82. The molecule has 0 saturated heterocycles. The second-order valence-electron chi connectivity index (χ2n) is 6.36. The predicted octanol–water partition coefficient (Wildman–Crippen LogP) is 3.74. The van der Waals surface area contributed by atoms with Crippen molar-refractivity contribution in [2.45, 2.75) is 77.6 Å². The van der Waals surface area contributed by atoms with Gasteiger partial charge < -0.3 is 10.4 Å². The quantitative estimate of drug-likeness (QED) is 0.637.